The number of pyridine rings is 1. The molecule has 2 aromatic heterocycles. The van der Waals surface area contributed by atoms with Gasteiger partial charge in [0.1, 0.15) is 0 Å². The Morgan fingerprint density at radius 1 is 1.31 bits per heavy atom. The summed E-state index contributed by atoms with van der Waals surface area (Å²) in [6.07, 6.45) is 6.84. The van der Waals surface area contributed by atoms with Gasteiger partial charge in [-0.2, -0.15) is 0 Å². The molecule has 16 heavy (non-hydrogen) atoms. The van der Waals surface area contributed by atoms with E-state index < -0.39 is 0 Å². The molecule has 0 atom stereocenters. The van der Waals surface area contributed by atoms with Gasteiger partial charge >= 0.3 is 0 Å². The fourth-order valence-corrected chi connectivity index (χ4v) is 1.75. The molecule has 0 fully saturated rings. The molecule has 0 aliphatic carbocycles. The molecule has 84 valence electrons. The fourth-order valence-electron chi connectivity index (χ4n) is 1.75. The van der Waals surface area contributed by atoms with Crippen LogP contribution < -0.4 is 5.32 Å². The largest absolute Gasteiger partial charge is 0.367 e. The number of aromatic amines is 1. The van der Waals surface area contributed by atoms with Gasteiger partial charge in [-0.1, -0.05) is 13.0 Å². The summed E-state index contributed by atoms with van der Waals surface area (Å²) in [5, 5.41) is 3.40. The maximum Gasteiger partial charge on any atom is 0.0573 e. The van der Waals surface area contributed by atoms with Crippen LogP contribution in [0.1, 0.15) is 23.7 Å². The minimum absolute atomic E-state index is 0.829. The molecule has 2 rings (SSSR count). The molecule has 3 heteroatoms. The third kappa shape index (κ3) is 2.70. The molecule has 0 aliphatic rings. The smallest absolute Gasteiger partial charge is 0.0573 e. The van der Waals surface area contributed by atoms with Gasteiger partial charge in [0, 0.05) is 31.7 Å². The highest BCUT2D eigenvalue weighted by Gasteiger charge is 2.00. The molecule has 3 nitrogen and oxygen atoms in total. The molecule has 0 spiro atoms. The minimum atomic E-state index is 0.829. The van der Waals surface area contributed by atoms with Crippen molar-refractivity contribution in [3.8, 4) is 0 Å². The summed E-state index contributed by atoms with van der Waals surface area (Å²) in [5.41, 5.74) is 3.75. The third-order valence-electron chi connectivity index (χ3n) is 2.65. The first-order valence-electron chi connectivity index (χ1n) is 5.65. The summed E-state index contributed by atoms with van der Waals surface area (Å²) in [5.74, 6) is 0. The van der Waals surface area contributed by atoms with E-state index in [1.54, 1.807) is 0 Å². The number of rotatable bonds is 5. The molecule has 0 bridgehead atoms. The predicted octanol–water partition coefficient (Wildman–Crippen LogP) is 2.26. The van der Waals surface area contributed by atoms with Crippen molar-refractivity contribution in [1.29, 1.82) is 0 Å². The van der Waals surface area contributed by atoms with Crippen LogP contribution in [0.2, 0.25) is 0 Å². The Bertz CT molecular complexity index is 421. The highest BCUT2D eigenvalue weighted by Crippen LogP contribution is 2.06. The summed E-state index contributed by atoms with van der Waals surface area (Å²) in [7, 11) is 0. The second-order valence-corrected chi connectivity index (χ2v) is 3.79. The summed E-state index contributed by atoms with van der Waals surface area (Å²) in [6, 6.07) is 6.21. The maximum atomic E-state index is 4.40. The van der Waals surface area contributed by atoms with Gasteiger partial charge in [0.25, 0.3) is 0 Å². The van der Waals surface area contributed by atoms with E-state index in [2.05, 4.69) is 34.3 Å². The van der Waals surface area contributed by atoms with Crippen LogP contribution >= 0.6 is 0 Å². The first kappa shape index (κ1) is 10.9. The molecule has 2 aromatic rings. The molecular formula is C13H17N3. The van der Waals surface area contributed by atoms with Crippen LogP contribution in [0.4, 0.5) is 0 Å². The van der Waals surface area contributed by atoms with E-state index in [-0.39, 0.29) is 0 Å². The van der Waals surface area contributed by atoms with Gasteiger partial charge in [-0.15, -0.1) is 0 Å². The van der Waals surface area contributed by atoms with Crippen molar-refractivity contribution in [1.82, 2.24) is 15.3 Å². The van der Waals surface area contributed by atoms with Crippen molar-refractivity contribution in [3.05, 3.63) is 53.6 Å². The number of aromatic nitrogens is 2. The van der Waals surface area contributed by atoms with Crippen LogP contribution in [0.5, 0.6) is 0 Å². The van der Waals surface area contributed by atoms with E-state index >= 15 is 0 Å². The van der Waals surface area contributed by atoms with Crippen molar-refractivity contribution < 1.29 is 0 Å². The zero-order valence-electron chi connectivity index (χ0n) is 9.53. The van der Waals surface area contributed by atoms with Crippen molar-refractivity contribution in [2.45, 2.75) is 26.4 Å². The van der Waals surface area contributed by atoms with E-state index in [1.807, 2.05) is 24.7 Å². The molecule has 0 aliphatic heterocycles. The van der Waals surface area contributed by atoms with Crippen LogP contribution in [-0.2, 0) is 19.5 Å². The number of hydrogen-bond acceptors (Lipinski definition) is 2. The molecule has 0 saturated carbocycles. The average Bonchev–Trinajstić information content (AvgIpc) is 2.83. The number of nitrogens with one attached hydrogen (secondary N) is 2. The Morgan fingerprint density at radius 3 is 3.00 bits per heavy atom. The zero-order valence-corrected chi connectivity index (χ0v) is 9.53. The van der Waals surface area contributed by atoms with Gasteiger partial charge in [0.15, 0.2) is 0 Å². The molecule has 0 unspecified atom stereocenters. The Kier molecular flexibility index (Phi) is 3.72. The highest BCUT2D eigenvalue weighted by atomic mass is 14.9. The molecular weight excluding hydrogens is 198 g/mol. The molecule has 0 amide bonds. The normalized spacial score (nSPS) is 10.6. The van der Waals surface area contributed by atoms with E-state index in [1.165, 1.54) is 11.1 Å². The van der Waals surface area contributed by atoms with Gasteiger partial charge in [-0.25, -0.2) is 0 Å². The lowest BCUT2D eigenvalue weighted by Crippen LogP contribution is -2.14. The van der Waals surface area contributed by atoms with Crippen LogP contribution in [0.3, 0.4) is 0 Å². The minimum Gasteiger partial charge on any atom is -0.367 e. The molecule has 2 N–H and O–H groups in total. The van der Waals surface area contributed by atoms with Crippen molar-refractivity contribution >= 4 is 0 Å². The van der Waals surface area contributed by atoms with Gasteiger partial charge < -0.3 is 10.3 Å². The van der Waals surface area contributed by atoms with Crippen molar-refractivity contribution in [3.63, 3.8) is 0 Å². The van der Waals surface area contributed by atoms with Crippen LogP contribution in [0, 0.1) is 0 Å². The number of aryl methyl sites for hydroxylation is 1. The van der Waals surface area contributed by atoms with Gasteiger partial charge in [-0.05, 0) is 29.7 Å². The summed E-state index contributed by atoms with van der Waals surface area (Å²) in [6.45, 7) is 3.87. The highest BCUT2D eigenvalue weighted by molar-refractivity contribution is 5.19. The summed E-state index contributed by atoms with van der Waals surface area (Å²) in [4.78, 5) is 7.44. The Labute approximate surface area is 95.9 Å². The topological polar surface area (TPSA) is 40.7 Å². The van der Waals surface area contributed by atoms with Crippen LogP contribution in [0.25, 0.3) is 0 Å². The monoisotopic (exact) mass is 215 g/mol. The Hall–Kier alpha value is -1.61. The lowest BCUT2D eigenvalue weighted by molar-refractivity contribution is 0.674. The van der Waals surface area contributed by atoms with E-state index in [0.717, 1.165) is 25.2 Å². The molecule has 2 heterocycles. The Morgan fingerprint density at radius 2 is 2.25 bits per heavy atom. The second kappa shape index (κ2) is 5.47. The van der Waals surface area contributed by atoms with Crippen LogP contribution in [0.15, 0.2) is 36.8 Å². The molecule has 0 aromatic carbocycles. The third-order valence-corrected chi connectivity index (χ3v) is 2.65. The number of H-pyrrole nitrogens is 1. The zero-order chi connectivity index (χ0) is 11.2. The second-order valence-electron chi connectivity index (χ2n) is 3.79. The lowest BCUT2D eigenvalue weighted by atomic mass is 10.1. The quantitative estimate of drug-likeness (QED) is 0.803. The predicted molar refractivity (Wildman–Crippen MR) is 65.0 cm³/mol. The number of nitrogens with zero attached hydrogens (tertiary/aromatic N) is 1. The standard InChI is InChI=1S/C13H17N3/c1-2-12-4-3-6-16-13(12)10-15-9-11-5-7-14-8-11/h3-8,14-15H,2,9-10H2,1H3. The fraction of sp³-hybridized carbons (Fsp3) is 0.308. The van der Waals surface area contributed by atoms with Gasteiger partial charge in [0.05, 0.1) is 5.69 Å². The first-order valence-corrected chi connectivity index (χ1v) is 5.65. The summed E-state index contributed by atoms with van der Waals surface area (Å²) >= 11 is 0. The Balaban J connectivity index is 1.89. The van der Waals surface area contributed by atoms with Gasteiger partial charge in [0.2, 0.25) is 0 Å². The van der Waals surface area contributed by atoms with Crippen molar-refractivity contribution in [2.75, 3.05) is 0 Å². The van der Waals surface area contributed by atoms with Crippen LogP contribution in [-0.4, -0.2) is 9.97 Å². The average molecular weight is 215 g/mol. The van der Waals surface area contributed by atoms with Crippen molar-refractivity contribution in [2.24, 2.45) is 0 Å². The maximum absolute atomic E-state index is 4.40. The number of hydrogen-bond donors (Lipinski definition) is 2. The molecule has 0 saturated heterocycles. The SMILES string of the molecule is CCc1cccnc1CNCc1cc[nH]c1. The molecule has 0 radical (unpaired) electrons. The lowest BCUT2D eigenvalue weighted by Gasteiger charge is -2.07. The van der Waals surface area contributed by atoms with E-state index in [4.69, 9.17) is 0 Å². The van der Waals surface area contributed by atoms with E-state index in [0.29, 0.717) is 0 Å². The van der Waals surface area contributed by atoms with Gasteiger partial charge in [-0.3, -0.25) is 4.98 Å². The first-order chi connectivity index (χ1) is 7.90. The summed E-state index contributed by atoms with van der Waals surface area (Å²) < 4.78 is 0. The van der Waals surface area contributed by atoms with E-state index in [9.17, 15) is 0 Å².